The Morgan fingerprint density at radius 3 is 2.54 bits per heavy atom. The zero-order valence-corrected chi connectivity index (χ0v) is 7.61. The summed E-state index contributed by atoms with van der Waals surface area (Å²) >= 11 is 0. The maximum Gasteiger partial charge on any atom is 0.0662 e. The molecule has 1 saturated carbocycles. The van der Waals surface area contributed by atoms with Crippen molar-refractivity contribution in [3.05, 3.63) is 35.9 Å². The standard InChI is InChI=1S/C12H13N/c13-9-12(11-6-7-11)8-10-4-2-1-3-5-10/h1-5,11-12H,6-8H2/t12-/m0/s1. The Labute approximate surface area is 79.0 Å². The van der Waals surface area contributed by atoms with Gasteiger partial charge in [-0.15, -0.1) is 0 Å². The van der Waals surface area contributed by atoms with Crippen LogP contribution in [0.5, 0.6) is 0 Å². The third-order valence-electron chi connectivity index (χ3n) is 2.66. The number of nitriles is 1. The summed E-state index contributed by atoms with van der Waals surface area (Å²) in [7, 11) is 0. The summed E-state index contributed by atoms with van der Waals surface area (Å²) in [6.45, 7) is 0. The van der Waals surface area contributed by atoms with E-state index in [4.69, 9.17) is 5.26 Å². The fourth-order valence-corrected chi connectivity index (χ4v) is 1.68. The summed E-state index contributed by atoms with van der Waals surface area (Å²) < 4.78 is 0. The molecule has 1 aliphatic rings. The normalized spacial score (nSPS) is 17.8. The quantitative estimate of drug-likeness (QED) is 0.686. The molecule has 1 atom stereocenters. The van der Waals surface area contributed by atoms with Crippen LogP contribution >= 0.6 is 0 Å². The third-order valence-corrected chi connectivity index (χ3v) is 2.66. The lowest BCUT2D eigenvalue weighted by Gasteiger charge is -2.06. The number of benzene rings is 1. The molecule has 66 valence electrons. The van der Waals surface area contributed by atoms with Crippen molar-refractivity contribution in [2.75, 3.05) is 0 Å². The lowest BCUT2D eigenvalue weighted by Crippen LogP contribution is -2.03. The van der Waals surface area contributed by atoms with Crippen LogP contribution in [0.15, 0.2) is 30.3 Å². The van der Waals surface area contributed by atoms with E-state index in [2.05, 4.69) is 18.2 Å². The van der Waals surface area contributed by atoms with Gasteiger partial charge in [0.15, 0.2) is 0 Å². The van der Waals surface area contributed by atoms with Crippen molar-refractivity contribution in [2.45, 2.75) is 19.3 Å². The monoisotopic (exact) mass is 171 g/mol. The fourth-order valence-electron chi connectivity index (χ4n) is 1.68. The molecule has 0 radical (unpaired) electrons. The average molecular weight is 171 g/mol. The second-order valence-corrected chi connectivity index (χ2v) is 3.76. The summed E-state index contributed by atoms with van der Waals surface area (Å²) in [6.07, 6.45) is 3.44. The Balaban J connectivity index is 2.00. The molecule has 0 saturated heterocycles. The van der Waals surface area contributed by atoms with E-state index in [0.717, 1.165) is 6.42 Å². The lowest BCUT2D eigenvalue weighted by atomic mass is 9.96. The summed E-state index contributed by atoms with van der Waals surface area (Å²) in [6, 6.07) is 12.7. The van der Waals surface area contributed by atoms with E-state index >= 15 is 0 Å². The van der Waals surface area contributed by atoms with Gasteiger partial charge >= 0.3 is 0 Å². The first kappa shape index (κ1) is 8.31. The molecule has 1 heteroatoms. The van der Waals surface area contributed by atoms with Crippen molar-refractivity contribution in [1.82, 2.24) is 0 Å². The summed E-state index contributed by atoms with van der Waals surface area (Å²) in [4.78, 5) is 0. The van der Waals surface area contributed by atoms with Gasteiger partial charge in [-0.2, -0.15) is 5.26 Å². The third kappa shape index (κ3) is 2.09. The molecule has 1 aromatic rings. The van der Waals surface area contributed by atoms with E-state index in [1.54, 1.807) is 0 Å². The van der Waals surface area contributed by atoms with Gasteiger partial charge in [0.25, 0.3) is 0 Å². The van der Waals surface area contributed by atoms with E-state index in [1.165, 1.54) is 18.4 Å². The second kappa shape index (κ2) is 3.62. The maximum atomic E-state index is 8.95. The highest BCUT2D eigenvalue weighted by molar-refractivity contribution is 5.17. The minimum atomic E-state index is 0.252. The Kier molecular flexibility index (Phi) is 2.31. The Bertz CT molecular complexity index is 306. The SMILES string of the molecule is N#C[C@H](Cc1ccccc1)C1CC1. The van der Waals surface area contributed by atoms with Crippen molar-refractivity contribution in [2.24, 2.45) is 11.8 Å². The second-order valence-electron chi connectivity index (χ2n) is 3.76. The minimum Gasteiger partial charge on any atom is -0.198 e. The first-order valence-electron chi connectivity index (χ1n) is 4.83. The maximum absolute atomic E-state index is 8.95. The van der Waals surface area contributed by atoms with Crippen molar-refractivity contribution < 1.29 is 0 Å². The molecule has 0 spiro atoms. The molecule has 0 unspecified atom stereocenters. The molecule has 0 heterocycles. The van der Waals surface area contributed by atoms with Crippen molar-refractivity contribution in [3.63, 3.8) is 0 Å². The molecule has 1 aliphatic carbocycles. The minimum absolute atomic E-state index is 0.252. The van der Waals surface area contributed by atoms with E-state index in [0.29, 0.717) is 5.92 Å². The van der Waals surface area contributed by atoms with Gasteiger partial charge in [0.2, 0.25) is 0 Å². The molecule has 1 fully saturated rings. The summed E-state index contributed by atoms with van der Waals surface area (Å²) in [5, 5.41) is 8.95. The first-order chi connectivity index (χ1) is 6.40. The van der Waals surface area contributed by atoms with Gasteiger partial charge in [-0.3, -0.25) is 0 Å². The van der Waals surface area contributed by atoms with E-state index in [9.17, 15) is 0 Å². The Morgan fingerprint density at radius 2 is 2.00 bits per heavy atom. The highest BCUT2D eigenvalue weighted by Crippen LogP contribution is 2.37. The van der Waals surface area contributed by atoms with Crippen LogP contribution in [0.25, 0.3) is 0 Å². The predicted molar refractivity (Wildman–Crippen MR) is 52.0 cm³/mol. The van der Waals surface area contributed by atoms with Gasteiger partial charge < -0.3 is 0 Å². The van der Waals surface area contributed by atoms with Crippen molar-refractivity contribution in [1.29, 1.82) is 5.26 Å². The van der Waals surface area contributed by atoms with Gasteiger partial charge in [-0.05, 0) is 30.7 Å². The molecule has 13 heavy (non-hydrogen) atoms. The molecule has 0 bridgehead atoms. The van der Waals surface area contributed by atoms with Crippen molar-refractivity contribution >= 4 is 0 Å². The van der Waals surface area contributed by atoms with E-state index < -0.39 is 0 Å². The average Bonchev–Trinajstić information content (AvgIpc) is 2.99. The topological polar surface area (TPSA) is 23.8 Å². The highest BCUT2D eigenvalue weighted by atomic mass is 14.4. The number of nitrogens with zero attached hydrogens (tertiary/aromatic N) is 1. The van der Waals surface area contributed by atoms with Gasteiger partial charge in [0.05, 0.1) is 12.0 Å². The molecule has 1 nitrogen and oxygen atoms in total. The largest absolute Gasteiger partial charge is 0.198 e. The Morgan fingerprint density at radius 1 is 1.31 bits per heavy atom. The molecule has 2 rings (SSSR count). The zero-order chi connectivity index (χ0) is 9.10. The summed E-state index contributed by atoms with van der Waals surface area (Å²) in [5.41, 5.74) is 1.29. The zero-order valence-electron chi connectivity index (χ0n) is 7.61. The molecule has 0 aliphatic heterocycles. The number of rotatable bonds is 3. The number of hydrogen-bond acceptors (Lipinski definition) is 1. The molecular weight excluding hydrogens is 158 g/mol. The molecule has 1 aromatic carbocycles. The molecule has 0 N–H and O–H groups in total. The molecule has 0 amide bonds. The number of hydrogen-bond donors (Lipinski definition) is 0. The van der Waals surface area contributed by atoms with E-state index in [-0.39, 0.29) is 5.92 Å². The van der Waals surface area contributed by atoms with Crippen LogP contribution in [0.2, 0.25) is 0 Å². The van der Waals surface area contributed by atoms with Crippen LogP contribution in [0, 0.1) is 23.2 Å². The van der Waals surface area contributed by atoms with E-state index in [1.807, 2.05) is 18.2 Å². The van der Waals surface area contributed by atoms with Crippen LogP contribution in [-0.2, 0) is 6.42 Å². The summed E-state index contributed by atoms with van der Waals surface area (Å²) in [5.74, 6) is 0.938. The lowest BCUT2D eigenvalue weighted by molar-refractivity contribution is 0.579. The Hall–Kier alpha value is -1.29. The van der Waals surface area contributed by atoms with Crippen molar-refractivity contribution in [3.8, 4) is 6.07 Å². The first-order valence-corrected chi connectivity index (χ1v) is 4.83. The fraction of sp³-hybridized carbons (Fsp3) is 0.417. The predicted octanol–water partition coefficient (Wildman–Crippen LogP) is 2.78. The van der Waals surface area contributed by atoms with Crippen LogP contribution in [0.4, 0.5) is 0 Å². The highest BCUT2D eigenvalue weighted by Gasteiger charge is 2.30. The smallest absolute Gasteiger partial charge is 0.0662 e. The van der Waals surface area contributed by atoms with Gasteiger partial charge in [0, 0.05) is 0 Å². The van der Waals surface area contributed by atoms with Gasteiger partial charge in [-0.1, -0.05) is 30.3 Å². The van der Waals surface area contributed by atoms with Crippen LogP contribution < -0.4 is 0 Å². The van der Waals surface area contributed by atoms with Gasteiger partial charge in [-0.25, -0.2) is 0 Å². The van der Waals surface area contributed by atoms with Crippen LogP contribution in [0.1, 0.15) is 18.4 Å². The molecule has 0 aromatic heterocycles. The van der Waals surface area contributed by atoms with Crippen LogP contribution in [-0.4, -0.2) is 0 Å². The van der Waals surface area contributed by atoms with Crippen LogP contribution in [0.3, 0.4) is 0 Å². The van der Waals surface area contributed by atoms with Gasteiger partial charge in [0.1, 0.15) is 0 Å². The molecular formula is C12H13N.